The molecule has 102 valence electrons. The average molecular weight is 308 g/mol. The van der Waals surface area contributed by atoms with Crippen molar-refractivity contribution in [2.24, 2.45) is 0 Å². The van der Waals surface area contributed by atoms with E-state index in [9.17, 15) is 4.79 Å². The van der Waals surface area contributed by atoms with E-state index >= 15 is 0 Å². The predicted molar refractivity (Wildman–Crippen MR) is 79.7 cm³/mol. The first-order valence-electron chi connectivity index (χ1n) is 6.01. The molecule has 1 aliphatic heterocycles. The molecule has 0 radical (unpaired) electrons. The zero-order valence-electron chi connectivity index (χ0n) is 10.6. The number of halogens is 2. The van der Waals surface area contributed by atoms with E-state index in [0.717, 1.165) is 0 Å². The van der Waals surface area contributed by atoms with Crippen LogP contribution < -0.4 is 10.1 Å². The Morgan fingerprint density at radius 3 is 2.65 bits per heavy atom. The van der Waals surface area contributed by atoms with E-state index in [4.69, 9.17) is 27.9 Å². The maximum Gasteiger partial charge on any atom is 0.254 e. The number of amides is 1. The number of hydrogen-bond acceptors (Lipinski definition) is 2. The smallest absolute Gasteiger partial charge is 0.254 e. The van der Waals surface area contributed by atoms with E-state index in [0.29, 0.717) is 27.6 Å². The zero-order chi connectivity index (χ0) is 14.3. The van der Waals surface area contributed by atoms with Crippen molar-refractivity contribution in [3.8, 4) is 5.75 Å². The van der Waals surface area contributed by atoms with Crippen molar-refractivity contribution in [2.45, 2.75) is 4.87 Å². The van der Waals surface area contributed by atoms with Crippen molar-refractivity contribution in [3.05, 3.63) is 58.6 Å². The minimum absolute atomic E-state index is 0.305. The zero-order valence-corrected chi connectivity index (χ0v) is 12.1. The monoisotopic (exact) mass is 307 g/mol. The van der Waals surface area contributed by atoms with Crippen molar-refractivity contribution in [1.29, 1.82) is 0 Å². The minimum Gasteiger partial charge on any atom is -0.496 e. The number of hydrogen-bond donors (Lipinski definition) is 1. The summed E-state index contributed by atoms with van der Waals surface area (Å²) in [6.07, 6.45) is 0. The van der Waals surface area contributed by atoms with Crippen LogP contribution in [0.4, 0.5) is 5.69 Å². The number of benzene rings is 2. The van der Waals surface area contributed by atoms with Gasteiger partial charge in [0.05, 0.1) is 7.11 Å². The highest BCUT2D eigenvalue weighted by Gasteiger charge is 2.48. The van der Waals surface area contributed by atoms with Crippen LogP contribution in [0.15, 0.2) is 42.5 Å². The Morgan fingerprint density at radius 1 is 1.15 bits per heavy atom. The van der Waals surface area contributed by atoms with Crippen LogP contribution in [0.2, 0.25) is 5.02 Å². The lowest BCUT2D eigenvalue weighted by atomic mass is 9.91. The molecule has 0 aliphatic carbocycles. The summed E-state index contributed by atoms with van der Waals surface area (Å²) in [5.74, 6) is 0.256. The number of nitrogens with one attached hydrogen (secondary N) is 1. The molecule has 1 N–H and O–H groups in total. The van der Waals surface area contributed by atoms with Gasteiger partial charge >= 0.3 is 0 Å². The molecule has 1 atom stereocenters. The van der Waals surface area contributed by atoms with Crippen molar-refractivity contribution >= 4 is 34.8 Å². The van der Waals surface area contributed by atoms with Gasteiger partial charge in [0.1, 0.15) is 5.75 Å². The highest BCUT2D eigenvalue weighted by Crippen LogP contribution is 2.49. The van der Waals surface area contributed by atoms with E-state index in [1.807, 2.05) is 12.1 Å². The lowest BCUT2D eigenvalue weighted by molar-refractivity contribution is -0.117. The van der Waals surface area contributed by atoms with Gasteiger partial charge in [-0.15, -0.1) is 0 Å². The van der Waals surface area contributed by atoms with Crippen molar-refractivity contribution in [3.63, 3.8) is 0 Å². The Hall–Kier alpha value is -1.71. The molecule has 0 spiro atoms. The molecular formula is C15H11Cl2NO2. The van der Waals surface area contributed by atoms with E-state index in [1.165, 1.54) is 0 Å². The average Bonchev–Trinajstić information content (AvgIpc) is 2.72. The number of carbonyl (C=O) groups is 1. The van der Waals surface area contributed by atoms with Crippen LogP contribution in [0, 0.1) is 0 Å². The van der Waals surface area contributed by atoms with Gasteiger partial charge in [0.25, 0.3) is 5.91 Å². The first-order valence-corrected chi connectivity index (χ1v) is 6.77. The fraction of sp³-hybridized carbons (Fsp3) is 0.133. The highest BCUT2D eigenvalue weighted by atomic mass is 35.5. The molecule has 20 heavy (non-hydrogen) atoms. The van der Waals surface area contributed by atoms with Gasteiger partial charge in [0.2, 0.25) is 0 Å². The summed E-state index contributed by atoms with van der Waals surface area (Å²) in [6, 6.07) is 12.4. The second-order valence-corrected chi connectivity index (χ2v) is 5.51. The molecule has 1 amide bonds. The van der Waals surface area contributed by atoms with Gasteiger partial charge in [-0.2, -0.15) is 0 Å². The quantitative estimate of drug-likeness (QED) is 0.857. The van der Waals surface area contributed by atoms with Gasteiger partial charge in [-0.3, -0.25) is 4.79 Å². The van der Waals surface area contributed by atoms with E-state index in [-0.39, 0.29) is 5.91 Å². The molecule has 1 heterocycles. The van der Waals surface area contributed by atoms with Gasteiger partial charge in [-0.05, 0) is 24.3 Å². The number of fused-ring (bicyclic) bond motifs is 1. The normalized spacial score (nSPS) is 20.4. The summed E-state index contributed by atoms with van der Waals surface area (Å²) in [4.78, 5) is 11.1. The van der Waals surface area contributed by atoms with Crippen LogP contribution >= 0.6 is 23.2 Å². The van der Waals surface area contributed by atoms with Gasteiger partial charge in [0, 0.05) is 21.8 Å². The van der Waals surface area contributed by atoms with Gasteiger partial charge in [0.15, 0.2) is 4.87 Å². The Balaban J connectivity index is 2.27. The number of rotatable bonds is 2. The second kappa shape index (κ2) is 4.69. The standard InChI is InChI=1S/C15H11Cl2NO2/c1-20-13-5-3-2-4-10(13)15(17)11-8-9(16)6-7-12(11)18-14(15)19/h2-8H,1H3,(H,18,19)/t15-/m1/s1. The first kappa shape index (κ1) is 13.3. The fourth-order valence-electron chi connectivity index (χ4n) is 2.44. The minimum atomic E-state index is -1.33. The molecule has 2 aromatic carbocycles. The van der Waals surface area contributed by atoms with Crippen molar-refractivity contribution in [1.82, 2.24) is 0 Å². The Bertz CT molecular complexity index is 702. The van der Waals surface area contributed by atoms with Crippen LogP contribution in [0.1, 0.15) is 11.1 Å². The summed E-state index contributed by atoms with van der Waals surface area (Å²) in [6.45, 7) is 0. The summed E-state index contributed by atoms with van der Waals surface area (Å²) < 4.78 is 5.32. The van der Waals surface area contributed by atoms with Crippen LogP contribution in [-0.2, 0) is 9.67 Å². The number of carbonyl (C=O) groups excluding carboxylic acids is 1. The molecule has 5 heteroatoms. The lowest BCUT2D eigenvalue weighted by Crippen LogP contribution is -2.30. The number of ether oxygens (including phenoxy) is 1. The van der Waals surface area contributed by atoms with E-state index in [2.05, 4.69) is 5.32 Å². The molecule has 2 aromatic rings. The molecule has 0 bridgehead atoms. The lowest BCUT2D eigenvalue weighted by Gasteiger charge is -2.22. The summed E-state index contributed by atoms with van der Waals surface area (Å²) >= 11 is 12.7. The second-order valence-electron chi connectivity index (χ2n) is 4.50. The number of para-hydroxylation sites is 1. The van der Waals surface area contributed by atoms with Gasteiger partial charge in [-0.25, -0.2) is 0 Å². The largest absolute Gasteiger partial charge is 0.496 e. The Kier molecular flexibility index (Phi) is 3.11. The SMILES string of the molecule is COc1ccccc1[C@]1(Cl)C(=O)Nc2ccc(Cl)cc21. The van der Waals surface area contributed by atoms with Crippen LogP contribution in [0.25, 0.3) is 0 Å². The molecule has 3 rings (SSSR count). The summed E-state index contributed by atoms with van der Waals surface area (Å²) in [7, 11) is 1.55. The molecule has 0 fully saturated rings. The maximum atomic E-state index is 12.4. The molecule has 0 saturated carbocycles. The predicted octanol–water partition coefficient (Wildman–Crippen LogP) is 3.78. The third kappa shape index (κ3) is 1.78. The van der Waals surface area contributed by atoms with Crippen LogP contribution in [0.5, 0.6) is 5.75 Å². The van der Waals surface area contributed by atoms with E-state index < -0.39 is 4.87 Å². The first-order chi connectivity index (χ1) is 9.57. The van der Waals surface area contributed by atoms with Crippen LogP contribution in [0.3, 0.4) is 0 Å². The highest BCUT2D eigenvalue weighted by molar-refractivity contribution is 6.41. The Labute approximate surface area is 126 Å². The van der Waals surface area contributed by atoms with Crippen LogP contribution in [-0.4, -0.2) is 13.0 Å². The molecule has 0 aromatic heterocycles. The molecule has 0 saturated heterocycles. The molecule has 0 unspecified atom stereocenters. The van der Waals surface area contributed by atoms with Gasteiger partial charge < -0.3 is 10.1 Å². The Morgan fingerprint density at radius 2 is 1.90 bits per heavy atom. The maximum absolute atomic E-state index is 12.4. The summed E-state index contributed by atoms with van der Waals surface area (Å²) in [5.41, 5.74) is 1.91. The third-order valence-electron chi connectivity index (χ3n) is 3.39. The number of alkyl halides is 1. The van der Waals surface area contributed by atoms with Gasteiger partial charge in [-0.1, -0.05) is 41.4 Å². The van der Waals surface area contributed by atoms with Crippen molar-refractivity contribution < 1.29 is 9.53 Å². The summed E-state index contributed by atoms with van der Waals surface area (Å²) in [5, 5.41) is 3.31. The van der Waals surface area contributed by atoms with E-state index in [1.54, 1.807) is 37.4 Å². The number of anilines is 1. The number of methoxy groups -OCH3 is 1. The molecule has 1 aliphatic rings. The topological polar surface area (TPSA) is 38.3 Å². The third-order valence-corrected chi connectivity index (χ3v) is 4.21. The molecular weight excluding hydrogens is 297 g/mol. The fourth-order valence-corrected chi connectivity index (χ4v) is 2.97. The van der Waals surface area contributed by atoms with Crippen molar-refractivity contribution in [2.75, 3.05) is 12.4 Å². The molecule has 3 nitrogen and oxygen atoms in total.